The Hall–Kier alpha value is -4.98. The molecule has 0 saturated heterocycles. The second kappa shape index (κ2) is 12.3. The number of anilines is 1. The third kappa shape index (κ3) is 8.27. The zero-order chi connectivity index (χ0) is 30.5. The van der Waals surface area contributed by atoms with Crippen molar-refractivity contribution in [3.63, 3.8) is 0 Å². The molecular weight excluding hydrogens is 532 g/mol. The summed E-state index contributed by atoms with van der Waals surface area (Å²) < 4.78 is 16.2. The number of esters is 1. The Morgan fingerprint density at radius 2 is 1.33 bits per heavy atom. The zero-order valence-corrected chi connectivity index (χ0v) is 24.6. The summed E-state index contributed by atoms with van der Waals surface area (Å²) in [5.74, 6) is -0.737. The molecule has 1 amide bonds. The van der Waals surface area contributed by atoms with E-state index < -0.39 is 29.2 Å². The first-order chi connectivity index (χ1) is 19.8. The minimum Gasteiger partial charge on any atom is -0.456 e. The second-order valence-electron chi connectivity index (χ2n) is 11.6. The van der Waals surface area contributed by atoms with Crippen LogP contribution in [0.1, 0.15) is 62.3 Å². The number of hydrogen-bond acceptors (Lipinski definition) is 7. The van der Waals surface area contributed by atoms with Crippen LogP contribution >= 0.6 is 0 Å². The number of carbonyl (C=O) groups excluding carboxylic acids is 3. The first-order valence-corrected chi connectivity index (χ1v) is 13.5. The molecule has 3 aromatic carbocycles. The van der Waals surface area contributed by atoms with Gasteiger partial charge in [0.1, 0.15) is 17.0 Å². The van der Waals surface area contributed by atoms with Crippen molar-refractivity contribution in [3.05, 3.63) is 102 Å². The molecule has 4 aromatic rings. The first kappa shape index (κ1) is 30.0. The third-order valence-electron chi connectivity index (χ3n) is 5.75. The Kier molecular flexibility index (Phi) is 8.76. The van der Waals surface area contributed by atoms with Crippen LogP contribution in [0.25, 0.3) is 22.3 Å². The van der Waals surface area contributed by atoms with Crippen LogP contribution in [0.5, 0.6) is 5.75 Å². The summed E-state index contributed by atoms with van der Waals surface area (Å²) in [6.45, 7) is 10.6. The van der Waals surface area contributed by atoms with Gasteiger partial charge in [-0.2, -0.15) is 0 Å². The van der Waals surface area contributed by atoms with Crippen molar-refractivity contribution in [3.8, 4) is 28.0 Å². The quantitative estimate of drug-likeness (QED) is 0.187. The van der Waals surface area contributed by atoms with E-state index in [0.717, 1.165) is 11.1 Å². The standard InChI is InChI=1S/C34H34N2O6/c1-33(2,3)41-31(38)28-16-15-24(23-13-10-14-27(18-23)40-32(39)42-34(4,5)6)19-29(28)36-30(37)26-17-25(20-35-21-26)22-11-8-7-9-12-22/h7-21H,1-6H3,(H,36,37). The lowest BCUT2D eigenvalue weighted by atomic mass is 10.0. The molecule has 1 aromatic heterocycles. The maximum atomic E-state index is 13.4. The van der Waals surface area contributed by atoms with Gasteiger partial charge in [-0.25, -0.2) is 9.59 Å². The number of hydrogen-bond donors (Lipinski definition) is 1. The average molecular weight is 567 g/mol. The van der Waals surface area contributed by atoms with E-state index in [-0.39, 0.29) is 17.0 Å². The van der Waals surface area contributed by atoms with E-state index in [1.54, 1.807) is 90.2 Å². The zero-order valence-electron chi connectivity index (χ0n) is 24.6. The third-order valence-corrected chi connectivity index (χ3v) is 5.75. The number of carbonyl (C=O) groups is 3. The van der Waals surface area contributed by atoms with Gasteiger partial charge in [0, 0.05) is 18.0 Å². The van der Waals surface area contributed by atoms with Crippen molar-refractivity contribution in [2.24, 2.45) is 0 Å². The summed E-state index contributed by atoms with van der Waals surface area (Å²) in [7, 11) is 0. The fraction of sp³-hybridized carbons (Fsp3) is 0.235. The summed E-state index contributed by atoms with van der Waals surface area (Å²) in [5, 5.41) is 2.87. The molecule has 0 atom stereocenters. The fourth-order valence-electron chi connectivity index (χ4n) is 3.99. The molecule has 0 radical (unpaired) electrons. The lowest BCUT2D eigenvalue weighted by Gasteiger charge is -2.21. The molecule has 0 bridgehead atoms. The second-order valence-corrected chi connectivity index (χ2v) is 11.6. The Balaban J connectivity index is 1.67. The summed E-state index contributed by atoms with van der Waals surface area (Å²) in [4.78, 5) is 43.0. The van der Waals surface area contributed by atoms with Crippen LogP contribution in [0.4, 0.5) is 10.5 Å². The number of nitrogens with zero attached hydrogens (tertiary/aromatic N) is 1. The number of rotatable bonds is 6. The van der Waals surface area contributed by atoms with E-state index in [1.807, 2.05) is 36.4 Å². The lowest BCUT2D eigenvalue weighted by Crippen LogP contribution is -2.26. The summed E-state index contributed by atoms with van der Waals surface area (Å²) in [6.07, 6.45) is 2.33. The van der Waals surface area contributed by atoms with E-state index in [4.69, 9.17) is 14.2 Å². The summed E-state index contributed by atoms with van der Waals surface area (Å²) in [6, 6.07) is 23.2. The normalized spacial score (nSPS) is 11.4. The molecular formula is C34H34N2O6. The van der Waals surface area contributed by atoms with Gasteiger partial charge in [-0.3, -0.25) is 9.78 Å². The highest BCUT2D eigenvalue weighted by Gasteiger charge is 2.23. The number of benzene rings is 3. The molecule has 0 aliphatic heterocycles. The van der Waals surface area contributed by atoms with Crippen LogP contribution in [0.15, 0.2) is 91.3 Å². The van der Waals surface area contributed by atoms with Gasteiger partial charge in [-0.1, -0.05) is 48.5 Å². The molecule has 0 aliphatic carbocycles. The average Bonchev–Trinajstić information content (AvgIpc) is 2.91. The van der Waals surface area contributed by atoms with Gasteiger partial charge < -0.3 is 19.5 Å². The monoisotopic (exact) mass is 566 g/mol. The Morgan fingerprint density at radius 3 is 2.02 bits per heavy atom. The van der Waals surface area contributed by atoms with Crippen LogP contribution < -0.4 is 10.1 Å². The van der Waals surface area contributed by atoms with Crippen LogP contribution in [0.2, 0.25) is 0 Å². The van der Waals surface area contributed by atoms with Crippen molar-refractivity contribution >= 4 is 23.7 Å². The SMILES string of the molecule is CC(C)(C)OC(=O)Oc1cccc(-c2ccc(C(=O)OC(C)(C)C)c(NC(=O)c3cncc(-c4ccccc4)c3)c2)c1. The van der Waals surface area contributed by atoms with Gasteiger partial charge >= 0.3 is 12.1 Å². The molecule has 0 fully saturated rings. The maximum Gasteiger partial charge on any atom is 0.514 e. The van der Waals surface area contributed by atoms with Crippen molar-refractivity contribution in [2.45, 2.75) is 52.7 Å². The molecule has 0 unspecified atom stereocenters. The highest BCUT2D eigenvalue weighted by atomic mass is 16.7. The summed E-state index contributed by atoms with van der Waals surface area (Å²) >= 11 is 0. The number of pyridine rings is 1. The molecule has 8 heteroatoms. The minimum atomic E-state index is -0.820. The number of aromatic nitrogens is 1. The highest BCUT2D eigenvalue weighted by molar-refractivity contribution is 6.09. The first-order valence-electron chi connectivity index (χ1n) is 13.5. The molecule has 8 nitrogen and oxygen atoms in total. The number of nitrogens with one attached hydrogen (secondary N) is 1. The largest absolute Gasteiger partial charge is 0.514 e. The van der Waals surface area contributed by atoms with Gasteiger partial charge in [0.15, 0.2) is 0 Å². The van der Waals surface area contributed by atoms with Crippen LogP contribution in [-0.2, 0) is 9.47 Å². The Bertz CT molecular complexity index is 1600. The maximum absolute atomic E-state index is 13.4. The van der Waals surface area contributed by atoms with E-state index in [9.17, 15) is 14.4 Å². The molecule has 1 N–H and O–H groups in total. The van der Waals surface area contributed by atoms with E-state index in [2.05, 4.69) is 10.3 Å². The molecule has 0 spiro atoms. The van der Waals surface area contributed by atoms with Gasteiger partial charge in [-0.15, -0.1) is 0 Å². The molecule has 0 saturated carbocycles. The van der Waals surface area contributed by atoms with Gasteiger partial charge in [0.2, 0.25) is 0 Å². The van der Waals surface area contributed by atoms with Gasteiger partial charge in [0.25, 0.3) is 5.91 Å². The van der Waals surface area contributed by atoms with Crippen molar-refractivity contribution in [1.82, 2.24) is 4.98 Å². The number of amides is 1. The van der Waals surface area contributed by atoms with E-state index in [1.165, 1.54) is 6.20 Å². The van der Waals surface area contributed by atoms with Crippen molar-refractivity contribution < 1.29 is 28.6 Å². The molecule has 216 valence electrons. The lowest BCUT2D eigenvalue weighted by molar-refractivity contribution is 0.00695. The summed E-state index contributed by atoms with van der Waals surface area (Å²) in [5.41, 5.74) is 2.40. The van der Waals surface area contributed by atoms with Crippen LogP contribution in [-0.4, -0.2) is 34.2 Å². The minimum absolute atomic E-state index is 0.190. The Labute approximate surface area is 245 Å². The molecule has 0 aliphatic rings. The smallest absolute Gasteiger partial charge is 0.456 e. The van der Waals surface area contributed by atoms with E-state index >= 15 is 0 Å². The van der Waals surface area contributed by atoms with Crippen LogP contribution in [0.3, 0.4) is 0 Å². The van der Waals surface area contributed by atoms with Gasteiger partial charge in [-0.05, 0) is 88.6 Å². The molecule has 4 rings (SSSR count). The van der Waals surface area contributed by atoms with Crippen molar-refractivity contribution in [2.75, 3.05) is 5.32 Å². The highest BCUT2D eigenvalue weighted by Crippen LogP contribution is 2.30. The topological polar surface area (TPSA) is 104 Å². The van der Waals surface area contributed by atoms with E-state index in [0.29, 0.717) is 16.7 Å². The molecule has 1 heterocycles. The van der Waals surface area contributed by atoms with Crippen LogP contribution in [0, 0.1) is 0 Å². The number of ether oxygens (including phenoxy) is 3. The Morgan fingerprint density at radius 1 is 0.667 bits per heavy atom. The van der Waals surface area contributed by atoms with Gasteiger partial charge in [0.05, 0.1) is 16.8 Å². The predicted octanol–water partition coefficient (Wildman–Crippen LogP) is 7.94. The fourth-order valence-corrected chi connectivity index (χ4v) is 3.99. The van der Waals surface area contributed by atoms with Crippen molar-refractivity contribution in [1.29, 1.82) is 0 Å². The predicted molar refractivity (Wildman–Crippen MR) is 162 cm³/mol. The molecule has 42 heavy (non-hydrogen) atoms.